The zero-order valence-electron chi connectivity index (χ0n) is 18.3. The predicted octanol–water partition coefficient (Wildman–Crippen LogP) is 4.05. The van der Waals surface area contributed by atoms with Gasteiger partial charge < -0.3 is 10.1 Å². The summed E-state index contributed by atoms with van der Waals surface area (Å²) in [5.41, 5.74) is 3.95. The summed E-state index contributed by atoms with van der Waals surface area (Å²) in [7, 11) is 0. The summed E-state index contributed by atoms with van der Waals surface area (Å²) in [6, 6.07) is 18.8. The van der Waals surface area contributed by atoms with Gasteiger partial charge in [-0.3, -0.25) is 4.79 Å². The van der Waals surface area contributed by atoms with Crippen LogP contribution in [0.15, 0.2) is 66.9 Å². The van der Waals surface area contributed by atoms with Crippen molar-refractivity contribution >= 4 is 29.3 Å². The SMILES string of the molecule is O=C(COC(=O)c1nn(-c2ccccc2)c2c1CCC2)Nc1ccnn1Cc1ccccc1Cl. The van der Waals surface area contributed by atoms with Gasteiger partial charge in [-0.05, 0) is 43.0 Å². The highest BCUT2D eigenvalue weighted by molar-refractivity contribution is 6.31. The lowest BCUT2D eigenvalue weighted by Gasteiger charge is -2.10. The predicted molar refractivity (Wildman–Crippen MR) is 127 cm³/mol. The molecule has 0 saturated heterocycles. The largest absolute Gasteiger partial charge is 0.451 e. The molecule has 8 nitrogen and oxygen atoms in total. The summed E-state index contributed by atoms with van der Waals surface area (Å²) >= 11 is 6.23. The molecule has 0 saturated carbocycles. The number of hydrogen-bond donors (Lipinski definition) is 1. The minimum atomic E-state index is -0.604. The molecular formula is C25H22ClN5O3. The molecule has 34 heavy (non-hydrogen) atoms. The van der Waals surface area contributed by atoms with Gasteiger partial charge in [0.2, 0.25) is 0 Å². The van der Waals surface area contributed by atoms with Crippen molar-refractivity contribution < 1.29 is 14.3 Å². The number of esters is 1. The Morgan fingerprint density at radius 1 is 1.03 bits per heavy atom. The fourth-order valence-electron chi connectivity index (χ4n) is 4.12. The average molecular weight is 476 g/mol. The molecular weight excluding hydrogens is 454 g/mol. The van der Waals surface area contributed by atoms with Crippen molar-refractivity contribution in [3.63, 3.8) is 0 Å². The number of para-hydroxylation sites is 1. The number of benzene rings is 2. The molecule has 2 aromatic heterocycles. The number of rotatable bonds is 7. The van der Waals surface area contributed by atoms with E-state index < -0.39 is 18.5 Å². The summed E-state index contributed by atoms with van der Waals surface area (Å²) in [5, 5.41) is 12.1. The van der Waals surface area contributed by atoms with Gasteiger partial charge in [-0.2, -0.15) is 10.2 Å². The van der Waals surface area contributed by atoms with E-state index in [0.29, 0.717) is 17.4 Å². The summed E-state index contributed by atoms with van der Waals surface area (Å²) < 4.78 is 8.73. The minimum absolute atomic E-state index is 0.271. The number of amides is 1. The standard InChI is InChI=1S/C25H22ClN5O3/c26-20-11-5-4-7-17(20)15-30-22(13-14-27-30)28-23(32)16-34-25(33)24-19-10-6-12-21(19)31(29-24)18-8-2-1-3-9-18/h1-5,7-9,11,13-14H,6,10,12,15-16H2,(H,28,32). The van der Waals surface area contributed by atoms with Crippen molar-refractivity contribution in [3.05, 3.63) is 94.4 Å². The zero-order chi connectivity index (χ0) is 23.5. The van der Waals surface area contributed by atoms with E-state index in [1.54, 1.807) is 27.7 Å². The third kappa shape index (κ3) is 4.45. The lowest BCUT2D eigenvalue weighted by atomic mass is 10.2. The maximum atomic E-state index is 12.8. The minimum Gasteiger partial charge on any atom is -0.451 e. The second kappa shape index (κ2) is 9.52. The van der Waals surface area contributed by atoms with Crippen LogP contribution in [0.1, 0.15) is 33.7 Å². The van der Waals surface area contributed by atoms with Crippen LogP contribution in [0.3, 0.4) is 0 Å². The van der Waals surface area contributed by atoms with Gasteiger partial charge in [0.25, 0.3) is 5.91 Å². The molecule has 2 heterocycles. The normalized spacial score (nSPS) is 12.4. The fraction of sp³-hybridized carbons (Fsp3) is 0.200. The zero-order valence-corrected chi connectivity index (χ0v) is 19.0. The molecule has 9 heteroatoms. The quantitative estimate of drug-likeness (QED) is 0.407. The molecule has 172 valence electrons. The van der Waals surface area contributed by atoms with E-state index in [2.05, 4.69) is 15.5 Å². The lowest BCUT2D eigenvalue weighted by molar-refractivity contribution is -0.119. The van der Waals surface area contributed by atoms with Crippen LogP contribution >= 0.6 is 11.6 Å². The molecule has 1 N–H and O–H groups in total. The Bertz CT molecular complexity index is 1350. The maximum Gasteiger partial charge on any atom is 0.359 e. The summed E-state index contributed by atoms with van der Waals surface area (Å²) in [6.07, 6.45) is 4.15. The first kappa shape index (κ1) is 21.9. The molecule has 0 bridgehead atoms. The topological polar surface area (TPSA) is 91.0 Å². The Morgan fingerprint density at radius 3 is 2.65 bits per heavy atom. The van der Waals surface area contributed by atoms with Gasteiger partial charge in [0, 0.05) is 22.3 Å². The first-order chi connectivity index (χ1) is 16.6. The van der Waals surface area contributed by atoms with Crippen LogP contribution in [0.25, 0.3) is 5.69 Å². The third-order valence-electron chi connectivity index (χ3n) is 5.72. The second-order valence-corrected chi connectivity index (χ2v) is 8.37. The van der Waals surface area contributed by atoms with E-state index >= 15 is 0 Å². The number of aromatic nitrogens is 4. The molecule has 5 rings (SSSR count). The number of carbonyl (C=O) groups excluding carboxylic acids is 2. The highest BCUT2D eigenvalue weighted by Gasteiger charge is 2.28. The Balaban J connectivity index is 1.24. The number of anilines is 1. The van der Waals surface area contributed by atoms with Crippen molar-refractivity contribution in [1.29, 1.82) is 0 Å². The molecule has 0 spiro atoms. The fourth-order valence-corrected chi connectivity index (χ4v) is 4.31. The Kier molecular flexibility index (Phi) is 6.14. The van der Waals surface area contributed by atoms with Gasteiger partial charge in [-0.25, -0.2) is 14.2 Å². The number of fused-ring (bicyclic) bond motifs is 1. The van der Waals surface area contributed by atoms with E-state index in [9.17, 15) is 9.59 Å². The molecule has 0 fully saturated rings. The number of nitrogens with one attached hydrogen (secondary N) is 1. The van der Waals surface area contributed by atoms with E-state index in [1.807, 2.05) is 48.5 Å². The van der Waals surface area contributed by atoms with E-state index in [1.165, 1.54) is 0 Å². The van der Waals surface area contributed by atoms with Crippen molar-refractivity contribution in [3.8, 4) is 5.69 Å². The van der Waals surface area contributed by atoms with E-state index in [0.717, 1.165) is 41.8 Å². The van der Waals surface area contributed by atoms with Gasteiger partial charge in [-0.1, -0.05) is 48.0 Å². The van der Waals surface area contributed by atoms with Crippen LogP contribution in [0, 0.1) is 0 Å². The number of hydrogen-bond acceptors (Lipinski definition) is 5. The number of carbonyl (C=O) groups is 2. The van der Waals surface area contributed by atoms with Gasteiger partial charge in [0.1, 0.15) is 5.82 Å². The number of halogens is 1. The smallest absolute Gasteiger partial charge is 0.359 e. The molecule has 0 atom stereocenters. The Labute approximate surface area is 201 Å². The van der Waals surface area contributed by atoms with Gasteiger partial charge in [0.15, 0.2) is 12.3 Å². The molecule has 0 aliphatic heterocycles. The molecule has 0 unspecified atom stereocenters. The second-order valence-electron chi connectivity index (χ2n) is 7.96. The number of ether oxygens (including phenoxy) is 1. The average Bonchev–Trinajstić information content (AvgIpc) is 3.57. The highest BCUT2D eigenvalue weighted by Crippen LogP contribution is 2.28. The molecule has 2 aromatic carbocycles. The van der Waals surface area contributed by atoms with Crippen LogP contribution in [0.2, 0.25) is 5.02 Å². The summed E-state index contributed by atoms with van der Waals surface area (Å²) in [5.74, 6) is -0.587. The van der Waals surface area contributed by atoms with Crippen LogP contribution < -0.4 is 5.32 Å². The highest BCUT2D eigenvalue weighted by atomic mass is 35.5. The number of nitrogens with zero attached hydrogens (tertiary/aromatic N) is 4. The van der Waals surface area contributed by atoms with Crippen LogP contribution in [-0.2, 0) is 28.9 Å². The lowest BCUT2D eigenvalue weighted by Crippen LogP contribution is -2.23. The third-order valence-corrected chi connectivity index (χ3v) is 6.09. The van der Waals surface area contributed by atoms with Gasteiger partial charge in [-0.15, -0.1) is 0 Å². The van der Waals surface area contributed by atoms with Crippen molar-refractivity contribution in [2.75, 3.05) is 11.9 Å². The van der Waals surface area contributed by atoms with Crippen molar-refractivity contribution in [2.45, 2.75) is 25.8 Å². The van der Waals surface area contributed by atoms with E-state index in [4.69, 9.17) is 16.3 Å². The van der Waals surface area contributed by atoms with Crippen molar-refractivity contribution in [1.82, 2.24) is 19.6 Å². The maximum absolute atomic E-state index is 12.8. The van der Waals surface area contributed by atoms with Crippen LogP contribution in [0.4, 0.5) is 5.82 Å². The van der Waals surface area contributed by atoms with Crippen molar-refractivity contribution in [2.24, 2.45) is 0 Å². The van der Waals surface area contributed by atoms with Gasteiger partial charge in [0.05, 0.1) is 18.4 Å². The molecule has 0 radical (unpaired) electrons. The Hall–Kier alpha value is -3.91. The van der Waals surface area contributed by atoms with Crippen LogP contribution in [0.5, 0.6) is 0 Å². The monoisotopic (exact) mass is 475 g/mol. The molecule has 1 aliphatic rings. The first-order valence-corrected chi connectivity index (χ1v) is 11.4. The first-order valence-electron chi connectivity index (χ1n) is 11.0. The molecule has 4 aromatic rings. The Morgan fingerprint density at radius 2 is 1.82 bits per heavy atom. The molecule has 1 amide bonds. The van der Waals surface area contributed by atoms with E-state index in [-0.39, 0.29) is 5.69 Å². The van der Waals surface area contributed by atoms with Crippen LogP contribution in [-0.4, -0.2) is 38.0 Å². The summed E-state index contributed by atoms with van der Waals surface area (Å²) in [4.78, 5) is 25.3. The summed E-state index contributed by atoms with van der Waals surface area (Å²) in [6.45, 7) is -0.0335. The van der Waals surface area contributed by atoms with Gasteiger partial charge >= 0.3 is 5.97 Å². The molecule has 1 aliphatic carbocycles.